The second-order valence-electron chi connectivity index (χ2n) is 5.92. The topological polar surface area (TPSA) is 42.2 Å². The number of hydrogen-bond donors (Lipinski definition) is 1. The molecule has 2 aromatic carbocycles. The number of amides is 1. The van der Waals surface area contributed by atoms with Gasteiger partial charge in [-0.05, 0) is 57.0 Å². The molecule has 118 valence electrons. The zero-order chi connectivity index (χ0) is 16.7. The van der Waals surface area contributed by atoms with Gasteiger partial charge in [-0.15, -0.1) is 0 Å². The van der Waals surface area contributed by atoms with Gasteiger partial charge in [0.25, 0.3) is 5.91 Å². The molecule has 1 aromatic heterocycles. The van der Waals surface area contributed by atoms with Crippen LogP contribution in [0, 0.1) is 33.5 Å². The van der Waals surface area contributed by atoms with Crippen LogP contribution in [0.15, 0.2) is 34.7 Å². The molecule has 0 radical (unpaired) electrons. The van der Waals surface area contributed by atoms with E-state index in [-0.39, 0.29) is 17.5 Å². The molecule has 0 saturated carbocycles. The van der Waals surface area contributed by atoms with E-state index >= 15 is 0 Å². The van der Waals surface area contributed by atoms with Crippen LogP contribution in [0.4, 0.5) is 10.1 Å². The van der Waals surface area contributed by atoms with Crippen molar-refractivity contribution in [3.8, 4) is 0 Å². The van der Waals surface area contributed by atoms with Gasteiger partial charge in [0.1, 0.15) is 11.4 Å². The fourth-order valence-corrected chi connectivity index (χ4v) is 2.96. The van der Waals surface area contributed by atoms with E-state index in [1.807, 2.05) is 32.9 Å². The lowest BCUT2D eigenvalue weighted by atomic mass is 10.0. The molecule has 3 aromatic rings. The SMILES string of the molecule is Cc1cc(C)c(NC(=O)c2oc3ccc(F)cc3c2C)c(C)c1. The molecule has 1 N–H and O–H groups in total. The van der Waals surface area contributed by atoms with Gasteiger partial charge in [-0.1, -0.05) is 17.7 Å². The molecule has 3 rings (SSSR count). The van der Waals surface area contributed by atoms with Crippen LogP contribution in [0.25, 0.3) is 11.0 Å². The second-order valence-corrected chi connectivity index (χ2v) is 5.92. The minimum absolute atomic E-state index is 0.213. The van der Waals surface area contributed by atoms with E-state index in [0.717, 1.165) is 22.4 Å². The smallest absolute Gasteiger partial charge is 0.291 e. The number of fused-ring (bicyclic) bond motifs is 1. The maximum atomic E-state index is 13.4. The lowest BCUT2D eigenvalue weighted by Gasteiger charge is -2.12. The van der Waals surface area contributed by atoms with Crippen molar-refractivity contribution in [1.29, 1.82) is 0 Å². The summed E-state index contributed by atoms with van der Waals surface area (Å²) in [5.41, 5.74) is 5.07. The summed E-state index contributed by atoms with van der Waals surface area (Å²) in [5.74, 6) is -0.460. The highest BCUT2D eigenvalue weighted by Crippen LogP contribution is 2.28. The lowest BCUT2D eigenvalue weighted by molar-refractivity contribution is 0.0997. The van der Waals surface area contributed by atoms with Crippen LogP contribution in [0.5, 0.6) is 0 Å². The van der Waals surface area contributed by atoms with Gasteiger partial charge in [0, 0.05) is 16.6 Å². The molecule has 0 spiro atoms. The molecule has 0 fully saturated rings. The second kappa shape index (κ2) is 5.54. The first-order valence-electron chi connectivity index (χ1n) is 7.44. The van der Waals surface area contributed by atoms with Crippen LogP contribution < -0.4 is 5.32 Å². The largest absolute Gasteiger partial charge is 0.451 e. The standard InChI is InChI=1S/C19H18FNO2/c1-10-7-11(2)17(12(3)8-10)21-19(22)18-13(4)15-9-14(20)5-6-16(15)23-18/h5-9H,1-4H3,(H,21,22). The van der Waals surface area contributed by atoms with Crippen molar-refractivity contribution < 1.29 is 13.6 Å². The third kappa shape index (κ3) is 2.72. The average Bonchev–Trinajstić information content (AvgIpc) is 2.80. The number of anilines is 1. The Balaban J connectivity index is 2.00. The Morgan fingerprint density at radius 3 is 2.35 bits per heavy atom. The van der Waals surface area contributed by atoms with Crippen molar-refractivity contribution in [2.75, 3.05) is 5.32 Å². The van der Waals surface area contributed by atoms with Crippen molar-refractivity contribution in [2.45, 2.75) is 27.7 Å². The number of benzene rings is 2. The summed E-state index contributed by atoms with van der Waals surface area (Å²) in [6, 6.07) is 8.28. The number of aryl methyl sites for hydroxylation is 4. The van der Waals surface area contributed by atoms with Crippen LogP contribution >= 0.6 is 0 Å². The number of nitrogens with one attached hydrogen (secondary N) is 1. The molecule has 0 aliphatic rings. The van der Waals surface area contributed by atoms with Gasteiger partial charge in [-0.2, -0.15) is 0 Å². The van der Waals surface area contributed by atoms with Gasteiger partial charge >= 0.3 is 0 Å². The molecule has 0 bridgehead atoms. The first kappa shape index (κ1) is 15.3. The van der Waals surface area contributed by atoms with Crippen molar-refractivity contribution >= 4 is 22.6 Å². The molecule has 3 nitrogen and oxygen atoms in total. The van der Waals surface area contributed by atoms with Gasteiger partial charge in [0.2, 0.25) is 0 Å². The fourth-order valence-electron chi connectivity index (χ4n) is 2.96. The van der Waals surface area contributed by atoms with E-state index < -0.39 is 0 Å². The molecule has 23 heavy (non-hydrogen) atoms. The number of carbonyl (C=O) groups excluding carboxylic acids is 1. The van der Waals surface area contributed by atoms with E-state index in [0.29, 0.717) is 16.5 Å². The van der Waals surface area contributed by atoms with Crippen molar-refractivity contribution in [2.24, 2.45) is 0 Å². The number of rotatable bonds is 2. The van der Waals surface area contributed by atoms with Crippen LogP contribution in [-0.2, 0) is 0 Å². The Morgan fingerprint density at radius 1 is 1.04 bits per heavy atom. The summed E-state index contributed by atoms with van der Waals surface area (Å²) in [4.78, 5) is 12.6. The quantitative estimate of drug-likeness (QED) is 0.719. The molecule has 0 aliphatic heterocycles. The predicted molar refractivity (Wildman–Crippen MR) is 89.5 cm³/mol. The van der Waals surface area contributed by atoms with Crippen molar-refractivity contribution in [3.63, 3.8) is 0 Å². The predicted octanol–water partition coefficient (Wildman–Crippen LogP) is 5.06. The minimum Gasteiger partial charge on any atom is -0.451 e. The highest BCUT2D eigenvalue weighted by atomic mass is 19.1. The Morgan fingerprint density at radius 2 is 1.70 bits per heavy atom. The molecule has 4 heteroatoms. The van der Waals surface area contributed by atoms with E-state index in [9.17, 15) is 9.18 Å². The Hall–Kier alpha value is -2.62. The lowest BCUT2D eigenvalue weighted by Crippen LogP contribution is -2.14. The molecular formula is C19H18FNO2. The van der Waals surface area contributed by atoms with Crippen molar-refractivity contribution in [1.82, 2.24) is 0 Å². The van der Waals surface area contributed by atoms with Crippen molar-refractivity contribution in [3.05, 3.63) is 64.2 Å². The summed E-state index contributed by atoms with van der Waals surface area (Å²) < 4.78 is 19.0. The highest BCUT2D eigenvalue weighted by molar-refractivity contribution is 6.07. The Labute approximate surface area is 134 Å². The number of halogens is 1. The van der Waals surface area contributed by atoms with Gasteiger partial charge < -0.3 is 9.73 Å². The average molecular weight is 311 g/mol. The van der Waals surface area contributed by atoms with Gasteiger partial charge in [-0.3, -0.25) is 4.79 Å². The molecular weight excluding hydrogens is 293 g/mol. The minimum atomic E-state index is -0.349. The third-order valence-corrected chi connectivity index (χ3v) is 4.02. The molecule has 0 aliphatic carbocycles. The van der Waals surface area contributed by atoms with Crippen LogP contribution in [0.2, 0.25) is 0 Å². The highest BCUT2D eigenvalue weighted by Gasteiger charge is 2.19. The summed E-state index contributed by atoms with van der Waals surface area (Å²) in [6.07, 6.45) is 0. The van der Waals surface area contributed by atoms with Gasteiger partial charge in [-0.25, -0.2) is 4.39 Å². The van der Waals surface area contributed by atoms with Crippen LogP contribution in [-0.4, -0.2) is 5.91 Å². The summed E-state index contributed by atoms with van der Waals surface area (Å²) in [6.45, 7) is 7.69. The zero-order valence-corrected chi connectivity index (χ0v) is 13.6. The molecule has 0 unspecified atom stereocenters. The Bertz CT molecular complexity index is 902. The molecule has 0 saturated heterocycles. The third-order valence-electron chi connectivity index (χ3n) is 4.02. The normalized spacial score (nSPS) is 11.0. The van der Waals surface area contributed by atoms with E-state index in [4.69, 9.17) is 4.42 Å². The first-order chi connectivity index (χ1) is 10.9. The number of carbonyl (C=O) groups is 1. The summed E-state index contributed by atoms with van der Waals surface area (Å²) >= 11 is 0. The van der Waals surface area contributed by atoms with Crippen LogP contribution in [0.1, 0.15) is 32.8 Å². The zero-order valence-electron chi connectivity index (χ0n) is 13.6. The number of hydrogen-bond acceptors (Lipinski definition) is 2. The molecule has 1 heterocycles. The van der Waals surface area contributed by atoms with Gasteiger partial charge in [0.05, 0.1) is 0 Å². The monoisotopic (exact) mass is 311 g/mol. The maximum absolute atomic E-state index is 13.4. The molecule has 1 amide bonds. The Kier molecular flexibility index (Phi) is 3.68. The van der Waals surface area contributed by atoms with Gasteiger partial charge in [0.15, 0.2) is 5.76 Å². The van der Waals surface area contributed by atoms with E-state index in [1.165, 1.54) is 18.2 Å². The molecule has 0 atom stereocenters. The maximum Gasteiger partial charge on any atom is 0.291 e. The summed E-state index contributed by atoms with van der Waals surface area (Å²) in [7, 11) is 0. The van der Waals surface area contributed by atoms with E-state index in [1.54, 1.807) is 6.92 Å². The number of furan rings is 1. The van der Waals surface area contributed by atoms with E-state index in [2.05, 4.69) is 5.32 Å². The van der Waals surface area contributed by atoms with Crippen LogP contribution in [0.3, 0.4) is 0 Å². The summed E-state index contributed by atoms with van der Waals surface area (Å²) in [5, 5.41) is 3.53. The fraction of sp³-hybridized carbons (Fsp3) is 0.211. The first-order valence-corrected chi connectivity index (χ1v) is 7.44.